The first-order chi connectivity index (χ1) is 9.52. The summed E-state index contributed by atoms with van der Waals surface area (Å²) < 4.78 is 14.0. The number of halogens is 1. The smallest absolute Gasteiger partial charge is 0.203 e. The lowest BCUT2D eigenvalue weighted by Crippen LogP contribution is -1.99. The molecule has 0 N–H and O–H groups in total. The van der Waals surface area contributed by atoms with Gasteiger partial charge in [-0.3, -0.25) is 4.79 Å². The van der Waals surface area contributed by atoms with E-state index < -0.39 is 0 Å². The van der Waals surface area contributed by atoms with Crippen LogP contribution in [0.2, 0.25) is 0 Å². The summed E-state index contributed by atoms with van der Waals surface area (Å²) in [5.74, 6) is -0.275. The van der Waals surface area contributed by atoms with Gasteiger partial charge in [-0.15, -0.1) is 11.3 Å². The van der Waals surface area contributed by atoms with E-state index in [0.717, 1.165) is 21.2 Å². The van der Waals surface area contributed by atoms with Crippen LogP contribution in [0.25, 0.3) is 10.1 Å². The van der Waals surface area contributed by atoms with Crippen molar-refractivity contribution in [1.29, 1.82) is 0 Å². The number of rotatable bonds is 2. The minimum Gasteiger partial charge on any atom is -0.288 e. The van der Waals surface area contributed by atoms with Crippen molar-refractivity contribution in [2.75, 3.05) is 0 Å². The first-order valence-electron chi connectivity index (χ1n) is 6.35. The van der Waals surface area contributed by atoms with Crippen LogP contribution >= 0.6 is 11.3 Å². The lowest BCUT2D eigenvalue weighted by molar-refractivity contribution is 0.104. The largest absolute Gasteiger partial charge is 0.288 e. The Kier molecular flexibility index (Phi) is 3.14. The molecule has 2 aromatic carbocycles. The minimum absolute atomic E-state index is 0.00147. The molecule has 3 aromatic rings. The number of carbonyl (C=O) groups is 1. The summed E-state index contributed by atoms with van der Waals surface area (Å²) in [4.78, 5) is 13.2. The Morgan fingerprint density at radius 2 is 1.70 bits per heavy atom. The van der Waals surface area contributed by atoms with Crippen molar-refractivity contribution >= 4 is 27.2 Å². The van der Waals surface area contributed by atoms with Crippen LogP contribution in [0.1, 0.15) is 26.4 Å². The Morgan fingerprint density at radius 1 is 1.00 bits per heavy atom. The van der Waals surface area contributed by atoms with Crippen molar-refractivity contribution in [3.63, 3.8) is 0 Å². The van der Waals surface area contributed by atoms with Gasteiger partial charge < -0.3 is 0 Å². The van der Waals surface area contributed by atoms with Crippen molar-refractivity contribution in [3.8, 4) is 0 Å². The molecule has 20 heavy (non-hydrogen) atoms. The van der Waals surface area contributed by atoms with Gasteiger partial charge in [-0.1, -0.05) is 23.3 Å². The van der Waals surface area contributed by atoms with Crippen molar-refractivity contribution in [1.82, 2.24) is 0 Å². The molecule has 0 aliphatic heterocycles. The summed E-state index contributed by atoms with van der Waals surface area (Å²) in [6.45, 7) is 3.95. The van der Waals surface area contributed by atoms with Crippen molar-refractivity contribution in [2.45, 2.75) is 13.8 Å². The summed E-state index contributed by atoms with van der Waals surface area (Å²) in [6, 6.07) is 12.2. The van der Waals surface area contributed by atoms with E-state index in [1.54, 1.807) is 6.07 Å². The molecular formula is C17H13FOS. The van der Waals surface area contributed by atoms with Crippen LogP contribution in [0.5, 0.6) is 0 Å². The van der Waals surface area contributed by atoms with E-state index in [1.807, 2.05) is 38.1 Å². The van der Waals surface area contributed by atoms with E-state index in [-0.39, 0.29) is 11.6 Å². The second-order valence-corrected chi connectivity index (χ2v) is 6.08. The van der Waals surface area contributed by atoms with Gasteiger partial charge in [0, 0.05) is 10.3 Å². The quantitative estimate of drug-likeness (QED) is 0.612. The number of hydrogen-bond donors (Lipinski definition) is 0. The van der Waals surface area contributed by atoms with Crippen LogP contribution in [0.3, 0.4) is 0 Å². The fraction of sp³-hybridized carbons (Fsp3) is 0.118. The summed E-state index contributed by atoms with van der Waals surface area (Å²) in [5.41, 5.74) is 2.83. The molecule has 0 bridgehead atoms. The summed E-state index contributed by atoms with van der Waals surface area (Å²) in [6.07, 6.45) is 0. The number of aryl methyl sites for hydroxylation is 2. The maximum absolute atomic E-state index is 13.2. The van der Waals surface area contributed by atoms with Gasteiger partial charge >= 0.3 is 0 Å². The molecule has 0 aliphatic rings. The molecule has 0 saturated heterocycles. The van der Waals surface area contributed by atoms with Crippen LogP contribution in [0.15, 0.2) is 42.5 Å². The fourth-order valence-electron chi connectivity index (χ4n) is 2.36. The molecule has 0 fully saturated rings. The van der Waals surface area contributed by atoms with Gasteiger partial charge in [-0.2, -0.15) is 0 Å². The minimum atomic E-state index is -0.273. The van der Waals surface area contributed by atoms with Crippen LogP contribution in [-0.2, 0) is 0 Å². The third-order valence-corrected chi connectivity index (χ3v) is 4.29. The zero-order valence-corrected chi connectivity index (χ0v) is 12.1. The van der Waals surface area contributed by atoms with E-state index in [4.69, 9.17) is 0 Å². The van der Waals surface area contributed by atoms with Gasteiger partial charge in [-0.05, 0) is 49.6 Å². The maximum atomic E-state index is 13.2. The predicted molar refractivity (Wildman–Crippen MR) is 81.1 cm³/mol. The van der Waals surface area contributed by atoms with Crippen LogP contribution in [0, 0.1) is 19.7 Å². The van der Waals surface area contributed by atoms with E-state index in [0.29, 0.717) is 10.4 Å². The Labute approximate surface area is 120 Å². The van der Waals surface area contributed by atoms with Gasteiger partial charge in [-0.25, -0.2) is 4.39 Å². The van der Waals surface area contributed by atoms with E-state index >= 15 is 0 Å². The Balaban J connectivity index is 2.07. The highest BCUT2D eigenvalue weighted by atomic mass is 32.1. The highest BCUT2D eigenvalue weighted by molar-refractivity contribution is 7.21. The number of ketones is 1. The van der Waals surface area contributed by atoms with E-state index in [2.05, 4.69) is 0 Å². The first kappa shape index (κ1) is 13.0. The average molecular weight is 284 g/mol. The van der Waals surface area contributed by atoms with Crippen LogP contribution in [0.4, 0.5) is 4.39 Å². The molecular weight excluding hydrogens is 271 g/mol. The topological polar surface area (TPSA) is 17.1 Å². The van der Waals surface area contributed by atoms with Crippen LogP contribution in [-0.4, -0.2) is 5.78 Å². The predicted octanol–water partition coefficient (Wildman–Crippen LogP) is 4.89. The number of hydrogen-bond acceptors (Lipinski definition) is 2. The van der Waals surface area contributed by atoms with Gasteiger partial charge in [0.1, 0.15) is 5.82 Å². The zero-order chi connectivity index (χ0) is 14.3. The SMILES string of the molecule is Cc1cc(C)cc(C(=O)c2cc3ccc(F)cc3s2)c1. The molecule has 0 radical (unpaired) electrons. The van der Waals surface area contributed by atoms with Crippen LogP contribution < -0.4 is 0 Å². The molecule has 0 amide bonds. The molecule has 0 spiro atoms. The van der Waals surface area contributed by atoms with E-state index in [9.17, 15) is 9.18 Å². The van der Waals surface area contributed by atoms with Crippen molar-refractivity contribution in [3.05, 3.63) is 69.8 Å². The molecule has 1 heterocycles. The molecule has 0 unspecified atom stereocenters. The Morgan fingerprint density at radius 3 is 2.40 bits per heavy atom. The van der Waals surface area contributed by atoms with Gasteiger partial charge in [0.2, 0.25) is 5.78 Å². The monoisotopic (exact) mass is 284 g/mol. The fourth-order valence-corrected chi connectivity index (χ4v) is 3.41. The number of fused-ring (bicyclic) bond motifs is 1. The molecule has 100 valence electrons. The number of benzene rings is 2. The lowest BCUT2D eigenvalue weighted by Gasteiger charge is -2.02. The molecule has 1 aromatic heterocycles. The first-order valence-corrected chi connectivity index (χ1v) is 7.17. The third kappa shape index (κ3) is 2.37. The molecule has 0 saturated carbocycles. The molecule has 0 atom stereocenters. The molecule has 3 rings (SSSR count). The van der Waals surface area contributed by atoms with E-state index in [1.165, 1.54) is 23.5 Å². The average Bonchev–Trinajstić information content (AvgIpc) is 2.79. The molecule has 1 nitrogen and oxygen atoms in total. The second kappa shape index (κ2) is 4.84. The van der Waals surface area contributed by atoms with Crippen molar-refractivity contribution < 1.29 is 9.18 Å². The normalized spacial score (nSPS) is 10.9. The summed E-state index contributed by atoms with van der Waals surface area (Å²) in [5, 5.41) is 0.907. The van der Waals surface area contributed by atoms with Crippen molar-refractivity contribution in [2.24, 2.45) is 0 Å². The second-order valence-electron chi connectivity index (χ2n) is 5.00. The number of thiophene rings is 1. The lowest BCUT2D eigenvalue weighted by atomic mass is 10.0. The maximum Gasteiger partial charge on any atom is 0.203 e. The van der Waals surface area contributed by atoms with Gasteiger partial charge in [0.15, 0.2) is 0 Å². The summed E-state index contributed by atoms with van der Waals surface area (Å²) >= 11 is 1.34. The highest BCUT2D eigenvalue weighted by Crippen LogP contribution is 2.28. The standard InChI is InChI=1S/C17H13FOS/c1-10-5-11(2)7-13(6-10)17(19)16-8-12-3-4-14(18)9-15(12)20-16/h3-9H,1-2H3. The number of carbonyl (C=O) groups excluding carboxylic acids is 1. The van der Waals surface area contributed by atoms with Gasteiger partial charge in [0.25, 0.3) is 0 Å². The highest BCUT2D eigenvalue weighted by Gasteiger charge is 2.13. The Bertz CT molecular complexity index is 797. The Hall–Kier alpha value is -2.00. The van der Waals surface area contributed by atoms with Gasteiger partial charge in [0.05, 0.1) is 4.88 Å². The zero-order valence-electron chi connectivity index (χ0n) is 11.2. The summed E-state index contributed by atoms with van der Waals surface area (Å²) in [7, 11) is 0. The third-order valence-electron chi connectivity index (χ3n) is 3.19. The molecule has 3 heteroatoms. The molecule has 0 aliphatic carbocycles.